The molecule has 0 aromatic heterocycles. The summed E-state index contributed by atoms with van der Waals surface area (Å²) in [5, 5.41) is 7.22. The summed E-state index contributed by atoms with van der Waals surface area (Å²) >= 11 is 1.85. The molecule has 4 atom stereocenters. The minimum absolute atomic E-state index is 0. The maximum absolute atomic E-state index is 12.0. The molecule has 37 heavy (non-hydrogen) atoms. The molecule has 13 nitrogen and oxygen atoms in total. The van der Waals surface area contributed by atoms with Crippen LogP contribution in [-0.4, -0.2) is 124 Å². The van der Waals surface area contributed by atoms with Crippen molar-refractivity contribution in [1.82, 2.24) is 21.0 Å². The smallest absolute Gasteiger partial charge is 0.334 e. The van der Waals surface area contributed by atoms with Gasteiger partial charge in [-0.15, -0.1) is 5.06 Å². The second kappa shape index (κ2) is 15.2. The third kappa shape index (κ3) is 9.77. The van der Waals surface area contributed by atoms with Crippen LogP contribution in [0.3, 0.4) is 0 Å². The van der Waals surface area contributed by atoms with Gasteiger partial charge >= 0.3 is 12.0 Å². The summed E-state index contributed by atoms with van der Waals surface area (Å²) in [7, 11) is -1.99. The Kier molecular flexibility index (Phi) is 13.4. The first-order chi connectivity index (χ1) is 17.1. The predicted molar refractivity (Wildman–Crippen MR) is 140 cm³/mol. The van der Waals surface area contributed by atoms with Gasteiger partial charge in [-0.25, -0.2) is 9.59 Å². The summed E-state index contributed by atoms with van der Waals surface area (Å²) in [6.07, 6.45) is 2.18. The van der Waals surface area contributed by atoms with E-state index in [1.165, 1.54) is 21.6 Å². The topological polar surface area (TPSA) is 188 Å². The first kappa shape index (κ1) is 32.5. The van der Waals surface area contributed by atoms with Crippen LogP contribution >= 0.6 is 33.3 Å². The molecule has 0 aromatic carbocycles. The van der Waals surface area contributed by atoms with Gasteiger partial charge in [0.1, 0.15) is 0 Å². The molecule has 3 saturated heterocycles. The molecule has 5 amide bonds. The minimum Gasteiger partial charge on any atom is -0.355 e. The Morgan fingerprint density at radius 3 is 2.57 bits per heavy atom. The van der Waals surface area contributed by atoms with Crippen LogP contribution in [0, 0.1) is 0 Å². The monoisotopic (exact) mass is 607 g/mol. The van der Waals surface area contributed by atoms with Crippen molar-refractivity contribution in [2.24, 2.45) is 0 Å². The van der Waals surface area contributed by atoms with Crippen LogP contribution in [0.5, 0.6) is 0 Å². The zero-order chi connectivity index (χ0) is 26.3. The Balaban J connectivity index is 0.00000481. The summed E-state index contributed by atoms with van der Waals surface area (Å²) < 4.78 is 31.1. The molecule has 0 aliphatic carbocycles. The Morgan fingerprint density at radius 1 is 1.14 bits per heavy atom. The van der Waals surface area contributed by atoms with Crippen molar-refractivity contribution >= 4 is 103 Å². The van der Waals surface area contributed by atoms with Gasteiger partial charge in [0.05, 0.1) is 24.9 Å². The normalized spacial score (nSPS) is 24.8. The van der Waals surface area contributed by atoms with E-state index in [-0.39, 0.29) is 65.1 Å². The van der Waals surface area contributed by atoms with E-state index in [9.17, 15) is 32.4 Å². The number of urea groups is 1. The van der Waals surface area contributed by atoms with E-state index in [0.29, 0.717) is 29.7 Å². The van der Waals surface area contributed by atoms with Crippen LogP contribution < -0.4 is 16.0 Å². The standard InChI is InChI=1S/C19H28N4O9S4.Na/c24-14(4-2-1-3-12-17-11(10-33-12)21-19(28)22-17)20-6-8-35-34-7-5-16(26)32-23-15(25)9-13(18(23)27)36(29,30)31;/h11-13,17H,1-10H2,(H,20,24)(H2,21,22,28)(H,29,30,31);/t11-,12-,13?,17-;/m0./s1. The van der Waals surface area contributed by atoms with Gasteiger partial charge in [0.25, 0.3) is 21.9 Å². The van der Waals surface area contributed by atoms with E-state index in [4.69, 9.17) is 4.55 Å². The van der Waals surface area contributed by atoms with Crippen LogP contribution in [0.2, 0.25) is 0 Å². The molecule has 3 aliphatic heterocycles. The van der Waals surface area contributed by atoms with E-state index in [0.717, 1.165) is 25.0 Å². The number of hydrogen-bond acceptors (Lipinski definition) is 11. The van der Waals surface area contributed by atoms with Gasteiger partial charge in [0.15, 0.2) is 5.25 Å². The maximum atomic E-state index is 12.0. The van der Waals surface area contributed by atoms with Crippen molar-refractivity contribution in [2.75, 3.05) is 23.8 Å². The predicted octanol–water partition coefficient (Wildman–Crippen LogP) is -0.307. The van der Waals surface area contributed by atoms with Crippen LogP contribution in [0.4, 0.5) is 4.79 Å². The van der Waals surface area contributed by atoms with Crippen molar-refractivity contribution in [3.63, 3.8) is 0 Å². The van der Waals surface area contributed by atoms with Crippen molar-refractivity contribution in [2.45, 2.75) is 61.1 Å². The third-order valence-electron chi connectivity index (χ3n) is 5.68. The number of carbonyl (C=O) groups is 5. The average Bonchev–Trinajstić information content (AvgIpc) is 3.44. The molecular weight excluding hydrogens is 579 g/mol. The second-order valence-electron chi connectivity index (χ2n) is 8.31. The van der Waals surface area contributed by atoms with Gasteiger partial charge in [-0.05, 0) is 12.8 Å². The number of amides is 5. The summed E-state index contributed by atoms with van der Waals surface area (Å²) in [5.74, 6) is -1.38. The zero-order valence-electron chi connectivity index (χ0n) is 20.2. The Hall–Kier alpha value is -0.690. The van der Waals surface area contributed by atoms with Crippen molar-refractivity contribution < 1.29 is 41.8 Å². The molecule has 3 fully saturated rings. The number of unbranched alkanes of at least 4 members (excludes halogenated alkanes) is 1. The Bertz CT molecular complexity index is 987. The number of nitrogens with zero attached hydrogens (tertiary/aromatic N) is 1. The number of hydroxylamine groups is 2. The molecule has 1 radical (unpaired) electrons. The number of rotatable bonds is 14. The van der Waals surface area contributed by atoms with Crippen LogP contribution in [0.1, 0.15) is 38.5 Å². The number of thioether (sulfide) groups is 1. The second-order valence-corrected chi connectivity index (χ2v) is 13.9. The van der Waals surface area contributed by atoms with Crippen molar-refractivity contribution in [3.05, 3.63) is 0 Å². The third-order valence-corrected chi connectivity index (χ3v) is 10.7. The number of imide groups is 1. The van der Waals surface area contributed by atoms with Crippen molar-refractivity contribution in [1.29, 1.82) is 0 Å². The average molecular weight is 608 g/mol. The van der Waals surface area contributed by atoms with E-state index >= 15 is 0 Å². The minimum atomic E-state index is -4.76. The first-order valence-corrected chi connectivity index (χ1v) is 16.3. The molecule has 4 N–H and O–H groups in total. The number of nitrogens with one attached hydrogen (secondary N) is 3. The summed E-state index contributed by atoms with van der Waals surface area (Å²) in [6.45, 7) is 0.467. The number of fused-ring (bicyclic) bond motifs is 1. The molecule has 3 rings (SSSR count). The Labute approximate surface area is 248 Å². The largest absolute Gasteiger partial charge is 0.355 e. The van der Waals surface area contributed by atoms with E-state index in [1.54, 1.807) is 0 Å². The fourth-order valence-corrected chi connectivity index (χ4v) is 8.02. The molecule has 3 heterocycles. The number of hydrogen-bond donors (Lipinski definition) is 4. The van der Waals surface area contributed by atoms with Gasteiger partial charge < -0.3 is 20.8 Å². The van der Waals surface area contributed by atoms with E-state index < -0.39 is 39.6 Å². The van der Waals surface area contributed by atoms with Gasteiger partial charge in [-0.2, -0.15) is 20.2 Å². The maximum Gasteiger partial charge on any atom is 0.334 e. The molecule has 203 valence electrons. The van der Waals surface area contributed by atoms with Gasteiger partial charge in [-0.1, -0.05) is 28.0 Å². The van der Waals surface area contributed by atoms with Gasteiger partial charge in [0.2, 0.25) is 5.91 Å². The van der Waals surface area contributed by atoms with Crippen LogP contribution in [-0.2, 0) is 34.1 Å². The quantitative estimate of drug-likeness (QED) is 0.0505. The molecule has 0 aromatic rings. The fraction of sp³-hybridized carbons (Fsp3) is 0.737. The van der Waals surface area contributed by atoms with Crippen molar-refractivity contribution in [3.8, 4) is 0 Å². The number of carbonyl (C=O) groups excluding carboxylic acids is 5. The summed E-state index contributed by atoms with van der Waals surface area (Å²) in [6, 6.07) is 0.281. The Morgan fingerprint density at radius 2 is 1.86 bits per heavy atom. The van der Waals surface area contributed by atoms with Gasteiger partial charge in [-0.3, -0.25) is 18.9 Å². The van der Waals surface area contributed by atoms with Crippen LogP contribution in [0.25, 0.3) is 0 Å². The SMILES string of the molecule is O=C(CCCC[C@@H]1SC[C@@H]2NC(=O)N[C@@H]21)NCCSSCCC(=O)ON1C(=O)CC(S(=O)(=O)O)C1=O.[Na]. The molecule has 3 aliphatic rings. The summed E-state index contributed by atoms with van der Waals surface area (Å²) in [5.41, 5.74) is 0. The van der Waals surface area contributed by atoms with Crippen LogP contribution in [0.15, 0.2) is 0 Å². The molecular formula is C19H28N4NaO9S4. The molecule has 18 heteroatoms. The molecule has 0 bridgehead atoms. The molecule has 0 spiro atoms. The zero-order valence-corrected chi connectivity index (χ0v) is 25.4. The molecule has 0 saturated carbocycles. The van der Waals surface area contributed by atoms with E-state index in [1.807, 2.05) is 11.8 Å². The summed E-state index contributed by atoms with van der Waals surface area (Å²) in [4.78, 5) is 63.3. The van der Waals surface area contributed by atoms with E-state index in [2.05, 4.69) is 20.8 Å². The fourth-order valence-electron chi connectivity index (χ4n) is 3.90. The molecule has 1 unspecified atom stereocenters. The first-order valence-electron chi connectivity index (χ1n) is 11.3. The van der Waals surface area contributed by atoms with Gasteiger partial charge in [0, 0.05) is 65.0 Å².